The minimum absolute atomic E-state index is 0.0471. The molecule has 0 aliphatic carbocycles. The molecule has 0 unspecified atom stereocenters. The smallest absolute Gasteiger partial charge is 0.417 e. The second kappa shape index (κ2) is 9.69. The van der Waals surface area contributed by atoms with Crippen LogP contribution in [0.25, 0.3) is 0 Å². The number of methoxy groups -OCH3 is 2. The van der Waals surface area contributed by atoms with E-state index < -0.39 is 34.2 Å². The summed E-state index contributed by atoms with van der Waals surface area (Å²) in [4.78, 5) is 12.3. The third kappa shape index (κ3) is 6.35. The maximum Gasteiger partial charge on any atom is 0.417 e. The Morgan fingerprint density at radius 3 is 2.42 bits per heavy atom. The molecule has 0 aromatic heterocycles. The van der Waals surface area contributed by atoms with Crippen molar-refractivity contribution in [1.29, 1.82) is 0 Å². The number of hydrazone groups is 1. The van der Waals surface area contributed by atoms with Gasteiger partial charge in [-0.25, -0.2) is 13.8 Å². The van der Waals surface area contributed by atoms with Crippen molar-refractivity contribution in [2.24, 2.45) is 5.10 Å². The van der Waals surface area contributed by atoms with Gasteiger partial charge in [0.1, 0.15) is 18.0 Å². The van der Waals surface area contributed by atoms with Gasteiger partial charge in [0.2, 0.25) is 10.0 Å². The number of hydrogen-bond donors (Lipinski definition) is 1. The lowest BCUT2D eigenvalue weighted by atomic mass is 10.1. The molecule has 1 N–H and O–H groups in total. The summed E-state index contributed by atoms with van der Waals surface area (Å²) in [6, 6.07) is 9.06. The largest absolute Gasteiger partial charge is 0.497 e. The standard InChI is InChI=1S/C19H20F3N3O5S/c1-29-14-8-9-17(30-2)16(10-14)25(31(3,27)28)12-18(26)24-23-11-13-6-4-5-7-15(13)19(20,21)22/h4-11H,12H2,1-3H3,(H,24,26). The van der Waals surface area contributed by atoms with Gasteiger partial charge in [-0.1, -0.05) is 18.2 Å². The fourth-order valence-electron chi connectivity index (χ4n) is 2.58. The van der Waals surface area contributed by atoms with Gasteiger partial charge >= 0.3 is 6.18 Å². The van der Waals surface area contributed by atoms with Crippen molar-refractivity contribution in [3.63, 3.8) is 0 Å². The van der Waals surface area contributed by atoms with Crippen LogP contribution in [-0.4, -0.2) is 47.6 Å². The van der Waals surface area contributed by atoms with Crippen LogP contribution in [-0.2, 0) is 21.0 Å². The zero-order valence-electron chi connectivity index (χ0n) is 16.8. The zero-order valence-corrected chi connectivity index (χ0v) is 17.6. The predicted molar refractivity (Wildman–Crippen MR) is 109 cm³/mol. The molecule has 168 valence electrons. The van der Waals surface area contributed by atoms with Crippen molar-refractivity contribution in [3.05, 3.63) is 53.6 Å². The highest BCUT2D eigenvalue weighted by Gasteiger charge is 2.32. The van der Waals surface area contributed by atoms with E-state index in [2.05, 4.69) is 5.10 Å². The maximum absolute atomic E-state index is 13.0. The average molecular weight is 459 g/mol. The zero-order chi connectivity index (χ0) is 23.2. The minimum Gasteiger partial charge on any atom is -0.497 e. The Morgan fingerprint density at radius 1 is 1.16 bits per heavy atom. The van der Waals surface area contributed by atoms with Crippen LogP contribution >= 0.6 is 0 Å². The van der Waals surface area contributed by atoms with E-state index >= 15 is 0 Å². The first-order valence-electron chi connectivity index (χ1n) is 8.65. The molecule has 0 aliphatic heterocycles. The number of carbonyl (C=O) groups is 1. The molecule has 0 radical (unpaired) electrons. The number of anilines is 1. The van der Waals surface area contributed by atoms with Crippen molar-refractivity contribution in [2.75, 3.05) is 31.3 Å². The van der Waals surface area contributed by atoms with E-state index in [4.69, 9.17) is 9.47 Å². The number of benzene rings is 2. The number of carbonyl (C=O) groups excluding carboxylic acids is 1. The number of alkyl halides is 3. The molecule has 12 heteroatoms. The maximum atomic E-state index is 13.0. The molecule has 0 atom stereocenters. The molecule has 2 rings (SSSR count). The highest BCUT2D eigenvalue weighted by atomic mass is 32.2. The Kier molecular flexibility index (Phi) is 7.50. The summed E-state index contributed by atoms with van der Waals surface area (Å²) in [5, 5.41) is 3.52. The van der Waals surface area contributed by atoms with E-state index in [0.29, 0.717) is 5.75 Å². The Hall–Kier alpha value is -3.28. The van der Waals surface area contributed by atoms with Crippen molar-refractivity contribution >= 4 is 27.8 Å². The third-order valence-electron chi connectivity index (χ3n) is 4.00. The number of nitrogens with one attached hydrogen (secondary N) is 1. The van der Waals surface area contributed by atoms with Crippen molar-refractivity contribution < 1.29 is 35.9 Å². The van der Waals surface area contributed by atoms with Crippen LogP contribution in [0.2, 0.25) is 0 Å². The van der Waals surface area contributed by atoms with Gasteiger partial charge in [-0.15, -0.1) is 0 Å². The number of amides is 1. The van der Waals surface area contributed by atoms with Gasteiger partial charge < -0.3 is 9.47 Å². The first-order valence-corrected chi connectivity index (χ1v) is 10.5. The molecule has 2 aromatic carbocycles. The molecule has 8 nitrogen and oxygen atoms in total. The van der Waals surface area contributed by atoms with E-state index in [-0.39, 0.29) is 17.0 Å². The molecule has 1 amide bonds. The summed E-state index contributed by atoms with van der Waals surface area (Å²) >= 11 is 0. The number of hydrogen-bond acceptors (Lipinski definition) is 6. The quantitative estimate of drug-likeness (QED) is 0.484. The van der Waals surface area contributed by atoms with Crippen LogP contribution in [0.15, 0.2) is 47.6 Å². The Morgan fingerprint density at radius 2 is 1.84 bits per heavy atom. The molecular weight excluding hydrogens is 439 g/mol. The molecule has 0 saturated heterocycles. The van der Waals surface area contributed by atoms with Gasteiger partial charge in [-0.05, 0) is 18.2 Å². The first kappa shape index (κ1) is 24.0. The lowest BCUT2D eigenvalue weighted by Crippen LogP contribution is -2.39. The second-order valence-corrected chi connectivity index (χ2v) is 8.09. The molecule has 0 aliphatic rings. The normalized spacial score (nSPS) is 11.9. The molecule has 0 heterocycles. The molecule has 0 saturated carbocycles. The predicted octanol–water partition coefficient (Wildman–Crippen LogP) is 2.64. The highest BCUT2D eigenvalue weighted by Crippen LogP contribution is 2.33. The third-order valence-corrected chi connectivity index (χ3v) is 5.13. The van der Waals surface area contributed by atoms with Crippen LogP contribution in [0.4, 0.5) is 18.9 Å². The summed E-state index contributed by atoms with van der Waals surface area (Å²) in [6.07, 6.45) is -2.87. The monoisotopic (exact) mass is 459 g/mol. The lowest BCUT2D eigenvalue weighted by molar-refractivity contribution is -0.137. The number of halogens is 3. The van der Waals surface area contributed by atoms with Crippen LogP contribution in [0.1, 0.15) is 11.1 Å². The van der Waals surface area contributed by atoms with Gasteiger partial charge in [-0.3, -0.25) is 9.10 Å². The van der Waals surface area contributed by atoms with Gasteiger partial charge in [0.15, 0.2) is 0 Å². The van der Waals surface area contributed by atoms with Gasteiger partial charge in [-0.2, -0.15) is 18.3 Å². The number of sulfonamides is 1. The van der Waals surface area contributed by atoms with Crippen molar-refractivity contribution in [3.8, 4) is 11.5 Å². The second-order valence-electron chi connectivity index (χ2n) is 6.19. The summed E-state index contributed by atoms with van der Waals surface area (Å²) in [6.45, 7) is -0.694. The molecule has 2 aromatic rings. The van der Waals surface area contributed by atoms with Crippen LogP contribution in [0.3, 0.4) is 0 Å². The SMILES string of the molecule is COc1ccc(OC)c(N(CC(=O)NN=Cc2ccccc2C(F)(F)F)S(C)(=O)=O)c1. The number of rotatable bonds is 8. The van der Waals surface area contributed by atoms with Gasteiger partial charge in [0.05, 0.1) is 37.9 Å². The van der Waals surface area contributed by atoms with E-state index in [1.165, 1.54) is 44.6 Å². The topological polar surface area (TPSA) is 97.3 Å². The Bertz CT molecular complexity index is 1070. The highest BCUT2D eigenvalue weighted by molar-refractivity contribution is 7.92. The average Bonchev–Trinajstić information content (AvgIpc) is 2.70. The van der Waals surface area contributed by atoms with Gasteiger partial charge in [0, 0.05) is 11.6 Å². The van der Waals surface area contributed by atoms with Crippen LogP contribution in [0, 0.1) is 0 Å². The summed E-state index contributed by atoms with van der Waals surface area (Å²) < 4.78 is 74.6. The fourth-order valence-corrected chi connectivity index (χ4v) is 3.43. The van der Waals surface area contributed by atoms with E-state index in [9.17, 15) is 26.4 Å². The lowest BCUT2D eigenvalue weighted by Gasteiger charge is -2.23. The molecule has 0 spiro atoms. The first-order chi connectivity index (χ1) is 14.5. The number of nitrogens with zero attached hydrogens (tertiary/aromatic N) is 2. The summed E-state index contributed by atoms with van der Waals surface area (Å²) in [5.41, 5.74) is 0.897. The molecular formula is C19H20F3N3O5S. The van der Waals surface area contributed by atoms with E-state index in [1.54, 1.807) is 6.07 Å². The van der Waals surface area contributed by atoms with Crippen molar-refractivity contribution in [2.45, 2.75) is 6.18 Å². The Labute approximate surface area is 177 Å². The fraction of sp³-hybridized carbons (Fsp3) is 0.263. The molecule has 0 bridgehead atoms. The Balaban J connectivity index is 2.24. The van der Waals surface area contributed by atoms with E-state index in [0.717, 1.165) is 22.8 Å². The molecule has 0 fully saturated rings. The summed E-state index contributed by atoms with van der Waals surface area (Å²) in [7, 11) is -1.22. The van der Waals surface area contributed by atoms with Crippen LogP contribution in [0.5, 0.6) is 11.5 Å². The van der Waals surface area contributed by atoms with Gasteiger partial charge in [0.25, 0.3) is 5.91 Å². The van der Waals surface area contributed by atoms with Crippen LogP contribution < -0.4 is 19.2 Å². The molecule has 31 heavy (non-hydrogen) atoms. The van der Waals surface area contributed by atoms with Crippen molar-refractivity contribution in [1.82, 2.24) is 5.43 Å². The van der Waals surface area contributed by atoms with E-state index in [1.807, 2.05) is 5.43 Å². The number of ether oxygens (including phenoxy) is 2. The minimum atomic E-state index is -4.59. The summed E-state index contributed by atoms with van der Waals surface area (Å²) in [5.74, 6) is -0.385.